The molecule has 214 valence electrons. The third kappa shape index (κ3) is 5.82. The number of nitrogens with one attached hydrogen (secondary N) is 1. The summed E-state index contributed by atoms with van der Waals surface area (Å²) in [5, 5.41) is 20.9. The predicted molar refractivity (Wildman–Crippen MR) is 156 cm³/mol. The minimum atomic E-state index is -0.494. The van der Waals surface area contributed by atoms with Crippen LogP contribution in [0.4, 0.5) is 11.5 Å². The van der Waals surface area contributed by atoms with E-state index < -0.39 is 5.76 Å². The second-order valence-corrected chi connectivity index (χ2v) is 10.7. The van der Waals surface area contributed by atoms with Crippen molar-refractivity contribution >= 4 is 46.4 Å². The first kappa shape index (κ1) is 28.3. The van der Waals surface area contributed by atoms with Gasteiger partial charge in [0.2, 0.25) is 6.41 Å². The fourth-order valence-corrected chi connectivity index (χ4v) is 5.66. The first-order valence-corrected chi connectivity index (χ1v) is 13.7. The molecular formula is C29H31ClN6O5. The van der Waals surface area contributed by atoms with Gasteiger partial charge in [-0.2, -0.15) is 0 Å². The van der Waals surface area contributed by atoms with Gasteiger partial charge in [0.15, 0.2) is 22.3 Å². The van der Waals surface area contributed by atoms with Crippen LogP contribution in [0.3, 0.4) is 0 Å². The van der Waals surface area contributed by atoms with Gasteiger partial charge >= 0.3 is 5.76 Å². The molecule has 1 aliphatic heterocycles. The Hall–Kier alpha value is -4.22. The third-order valence-corrected chi connectivity index (χ3v) is 8.04. The van der Waals surface area contributed by atoms with E-state index in [2.05, 4.69) is 32.4 Å². The van der Waals surface area contributed by atoms with E-state index in [-0.39, 0.29) is 22.2 Å². The van der Waals surface area contributed by atoms with Gasteiger partial charge in [-0.25, -0.2) is 4.79 Å². The molecule has 0 saturated carbocycles. The van der Waals surface area contributed by atoms with Crippen molar-refractivity contribution in [2.75, 3.05) is 36.9 Å². The molecule has 1 saturated heterocycles. The zero-order chi connectivity index (χ0) is 29.3. The fraction of sp³-hybridized carbons (Fsp3) is 0.345. The number of hydrogen-bond donors (Lipinski definition) is 2. The molecule has 1 amide bonds. The van der Waals surface area contributed by atoms with Crippen molar-refractivity contribution in [3.8, 4) is 5.75 Å². The summed E-state index contributed by atoms with van der Waals surface area (Å²) in [4.78, 5) is 40.7. The Morgan fingerprint density at radius 2 is 1.98 bits per heavy atom. The number of ketones is 1. The first-order valence-electron chi connectivity index (χ1n) is 13.3. The summed E-state index contributed by atoms with van der Waals surface area (Å²) in [5.41, 5.74) is 3.87. The number of aryl methyl sites for hydroxylation is 2. The van der Waals surface area contributed by atoms with E-state index in [1.807, 2.05) is 6.92 Å². The minimum absolute atomic E-state index is 0.0102. The van der Waals surface area contributed by atoms with Gasteiger partial charge in [-0.15, -0.1) is 10.2 Å². The first-order chi connectivity index (χ1) is 19.7. The lowest BCUT2D eigenvalue weighted by Gasteiger charge is -2.37. The van der Waals surface area contributed by atoms with Crippen molar-refractivity contribution in [1.82, 2.24) is 19.7 Å². The number of benzene rings is 2. The Morgan fingerprint density at radius 3 is 2.71 bits per heavy atom. The lowest BCUT2D eigenvalue weighted by atomic mass is 10.0. The number of likely N-dealkylation sites (N-methyl/N-ethyl adjacent to an activating group) is 1. The molecule has 0 unspecified atom stereocenters. The van der Waals surface area contributed by atoms with Crippen LogP contribution >= 0.6 is 11.6 Å². The number of phenolic OH excluding ortho intramolecular Hbond substituents is 1. The van der Waals surface area contributed by atoms with Gasteiger partial charge in [0.05, 0.1) is 11.1 Å². The van der Waals surface area contributed by atoms with Crippen LogP contribution in [0.15, 0.2) is 45.6 Å². The van der Waals surface area contributed by atoms with Crippen LogP contribution < -0.4 is 16.0 Å². The summed E-state index contributed by atoms with van der Waals surface area (Å²) in [6.45, 7) is 4.02. The van der Waals surface area contributed by atoms with Crippen LogP contribution in [-0.2, 0) is 18.3 Å². The zero-order valence-electron chi connectivity index (χ0n) is 23.1. The zero-order valence-corrected chi connectivity index (χ0v) is 23.8. The molecule has 0 radical (unpaired) electrons. The predicted octanol–water partition coefficient (Wildman–Crippen LogP) is 3.53. The Bertz CT molecular complexity index is 1670. The number of oxazole rings is 1. The molecule has 0 bridgehead atoms. The molecule has 1 aliphatic rings. The molecule has 11 nitrogen and oxygen atoms in total. The molecule has 0 aliphatic carbocycles. The summed E-state index contributed by atoms with van der Waals surface area (Å²) >= 11 is 6.32. The molecule has 0 spiro atoms. The van der Waals surface area contributed by atoms with Crippen LogP contribution in [0.25, 0.3) is 11.1 Å². The number of amides is 1. The van der Waals surface area contributed by atoms with Crippen molar-refractivity contribution in [2.24, 2.45) is 7.05 Å². The lowest BCUT2D eigenvalue weighted by molar-refractivity contribution is -0.105. The van der Waals surface area contributed by atoms with Crippen LogP contribution in [0, 0.1) is 6.92 Å². The van der Waals surface area contributed by atoms with Gasteiger partial charge in [0.1, 0.15) is 5.75 Å². The molecule has 5 rings (SSSR count). The highest BCUT2D eigenvalue weighted by atomic mass is 35.5. The summed E-state index contributed by atoms with van der Waals surface area (Å²) in [6, 6.07) is 10.2. The van der Waals surface area contributed by atoms with Gasteiger partial charge in [-0.05, 0) is 80.8 Å². The number of rotatable bonds is 9. The number of aromatic nitrogens is 3. The highest BCUT2D eigenvalue weighted by Crippen LogP contribution is 2.28. The smallest absolute Gasteiger partial charge is 0.419 e. The third-order valence-electron chi connectivity index (χ3n) is 7.76. The number of carbonyl (C=O) groups is 2. The van der Waals surface area contributed by atoms with E-state index in [1.54, 1.807) is 43.4 Å². The maximum Gasteiger partial charge on any atom is 0.419 e. The fourth-order valence-electron chi connectivity index (χ4n) is 5.48. The standard InChI is InChI=1S/C29H31ClN6O5/c1-17-12-19(14-24-26(17)35(3)29(40)41-24)27(39)22-15-25(32-33-28(22)30)36-10-7-20(8-11-36)34(2)9-6-18-13-21(38)4-5-23(18)31-16-37/h4-5,12-16,20,38H,6-11H2,1-3H3,(H,31,37). The van der Waals surface area contributed by atoms with E-state index in [1.165, 1.54) is 4.57 Å². The van der Waals surface area contributed by atoms with Crippen LogP contribution in [0.2, 0.25) is 5.15 Å². The van der Waals surface area contributed by atoms with Gasteiger partial charge in [-0.3, -0.25) is 14.2 Å². The van der Waals surface area contributed by atoms with Crippen LogP contribution in [-0.4, -0.2) is 69.7 Å². The summed E-state index contributed by atoms with van der Waals surface area (Å²) in [5.74, 6) is -0.0803. The van der Waals surface area contributed by atoms with E-state index in [9.17, 15) is 19.5 Å². The largest absolute Gasteiger partial charge is 0.508 e. The van der Waals surface area contributed by atoms with Crippen LogP contribution in [0.5, 0.6) is 5.75 Å². The lowest BCUT2D eigenvalue weighted by Crippen LogP contribution is -2.44. The van der Waals surface area contributed by atoms with E-state index >= 15 is 0 Å². The average Bonchev–Trinajstić information content (AvgIpc) is 3.26. The molecular weight excluding hydrogens is 548 g/mol. The highest BCUT2D eigenvalue weighted by Gasteiger charge is 2.26. The SMILES string of the molecule is Cc1cc(C(=O)c2cc(N3CCC(N(C)CCc4cc(O)ccc4NC=O)CC3)nnc2Cl)cc2oc(=O)n(C)c12. The molecule has 0 atom stereocenters. The topological polar surface area (TPSA) is 134 Å². The number of hydrogen-bond acceptors (Lipinski definition) is 9. The maximum atomic E-state index is 13.5. The van der Waals surface area contributed by atoms with Gasteiger partial charge in [0, 0.05) is 44.0 Å². The van der Waals surface area contributed by atoms with Crippen molar-refractivity contribution in [3.05, 3.63) is 74.4 Å². The number of phenols is 1. The molecule has 4 aromatic rings. The van der Waals surface area contributed by atoms with Crippen molar-refractivity contribution in [1.29, 1.82) is 0 Å². The Morgan fingerprint density at radius 1 is 1.22 bits per heavy atom. The van der Waals surface area contributed by atoms with E-state index in [0.29, 0.717) is 47.0 Å². The highest BCUT2D eigenvalue weighted by molar-refractivity contribution is 6.34. The molecule has 2 aromatic heterocycles. The van der Waals surface area contributed by atoms with Gasteiger partial charge in [-0.1, -0.05) is 11.6 Å². The molecule has 1 fully saturated rings. The number of piperidine rings is 1. The number of anilines is 2. The minimum Gasteiger partial charge on any atom is -0.508 e. The van der Waals surface area contributed by atoms with Crippen molar-refractivity contribution in [3.63, 3.8) is 0 Å². The number of aromatic hydroxyl groups is 1. The average molecular weight is 579 g/mol. The number of nitrogens with zero attached hydrogens (tertiary/aromatic N) is 5. The van der Waals surface area contributed by atoms with Crippen molar-refractivity contribution in [2.45, 2.75) is 32.2 Å². The van der Waals surface area contributed by atoms with E-state index in [0.717, 1.165) is 43.6 Å². The van der Waals surface area contributed by atoms with Crippen molar-refractivity contribution < 1.29 is 19.1 Å². The number of halogens is 1. The normalized spacial score (nSPS) is 14.1. The van der Waals surface area contributed by atoms with E-state index in [4.69, 9.17) is 16.0 Å². The maximum absolute atomic E-state index is 13.5. The molecule has 3 heterocycles. The Balaban J connectivity index is 1.25. The molecule has 2 N–H and O–H groups in total. The second kappa shape index (κ2) is 11.7. The summed E-state index contributed by atoms with van der Waals surface area (Å²) in [7, 11) is 3.69. The Labute approximate surface area is 241 Å². The van der Waals surface area contributed by atoms with Gasteiger partial charge < -0.3 is 24.6 Å². The number of carbonyl (C=O) groups excluding carboxylic acids is 2. The molecule has 2 aromatic carbocycles. The Kier molecular flexibility index (Phi) is 8.09. The monoisotopic (exact) mass is 578 g/mol. The summed E-state index contributed by atoms with van der Waals surface area (Å²) in [6.07, 6.45) is 3.07. The summed E-state index contributed by atoms with van der Waals surface area (Å²) < 4.78 is 6.71. The second-order valence-electron chi connectivity index (χ2n) is 10.4. The van der Waals surface area contributed by atoms with Gasteiger partial charge in [0.25, 0.3) is 0 Å². The number of fused-ring (bicyclic) bond motifs is 1. The molecule has 41 heavy (non-hydrogen) atoms. The molecule has 12 heteroatoms. The van der Waals surface area contributed by atoms with Crippen LogP contribution in [0.1, 0.15) is 39.9 Å². The quantitative estimate of drug-likeness (QED) is 0.174.